The van der Waals surface area contributed by atoms with Crippen LogP contribution in [0.25, 0.3) is 0 Å². The first-order valence-electron chi connectivity index (χ1n) is 14.4. The summed E-state index contributed by atoms with van der Waals surface area (Å²) in [6.07, 6.45) is 22.2. The fourth-order valence-electron chi connectivity index (χ4n) is 2.25. The van der Waals surface area contributed by atoms with Crippen molar-refractivity contribution in [2.75, 3.05) is 6.61 Å². The van der Waals surface area contributed by atoms with Crippen LogP contribution >= 0.6 is 0 Å². The molecule has 2 atom stereocenters. The van der Waals surface area contributed by atoms with Crippen LogP contribution in [0.5, 0.6) is 0 Å². The maximum absolute atomic E-state index is 9.49. The van der Waals surface area contributed by atoms with Crippen molar-refractivity contribution in [3.63, 3.8) is 0 Å². The van der Waals surface area contributed by atoms with E-state index < -0.39 is 5.60 Å². The first-order valence-corrected chi connectivity index (χ1v) is 14.4. The van der Waals surface area contributed by atoms with Gasteiger partial charge in [0.2, 0.25) is 0 Å². The summed E-state index contributed by atoms with van der Waals surface area (Å²) in [5.74, 6) is 0. The highest BCUT2D eigenvalue weighted by atomic mass is 16.3. The van der Waals surface area contributed by atoms with E-state index in [0.717, 1.165) is 44.1 Å². The van der Waals surface area contributed by atoms with Gasteiger partial charge in [0.05, 0.1) is 18.3 Å². The van der Waals surface area contributed by atoms with Crippen LogP contribution in [0, 0.1) is 0 Å². The lowest BCUT2D eigenvalue weighted by Gasteiger charge is -2.16. The van der Waals surface area contributed by atoms with Gasteiger partial charge in [-0.15, -0.1) is 13.2 Å². The molecule has 0 fully saturated rings. The van der Waals surface area contributed by atoms with Gasteiger partial charge in [-0.2, -0.15) is 0 Å². The number of aliphatic hydroxyl groups excluding tert-OH is 2. The zero-order valence-electron chi connectivity index (χ0n) is 28.3. The molecule has 3 N–H and O–H groups in total. The monoisotopic (exact) mass is 571 g/mol. The second-order valence-corrected chi connectivity index (χ2v) is 10.6. The number of rotatable bonds is 14. The molecule has 2 unspecified atom stereocenters. The number of allylic oxidation sites excluding steroid dienone is 11. The van der Waals surface area contributed by atoms with Crippen molar-refractivity contribution in [1.29, 1.82) is 0 Å². The van der Waals surface area contributed by atoms with Gasteiger partial charge in [0.25, 0.3) is 0 Å². The molecule has 0 aliphatic rings. The molecule has 0 saturated carbocycles. The molecule has 236 valence electrons. The molecular weight excluding hydrogens is 504 g/mol. The Morgan fingerprint density at radius 3 is 1.41 bits per heavy atom. The molecule has 0 radical (unpaired) electrons. The Morgan fingerprint density at radius 1 is 0.732 bits per heavy atom. The standard InChI is InChI=1S/2C10H18O.C10H16.C4H8O.C4H6/c1-9(2)5-4-6-10(3)7-8-11;1-5-10(4,11)8-6-7-9(2)3;1-5-10(4)8-6-7-9(2)3;1-3-4(2)5;1-3-4-2/h5,7,11H,4,6,8H2,1-3H3;5,7,11H,1,6,8H2,2-4H3;5,7H,1,4,6,8H2,2-3H3;3-5H,1H2,2H3;3-4H,1-2H2/b10-7+;;;;. The fraction of sp³-hybridized carbons (Fsp3) is 0.474. The first-order chi connectivity index (χ1) is 19.0. The summed E-state index contributed by atoms with van der Waals surface area (Å²) >= 11 is 0. The lowest BCUT2D eigenvalue weighted by atomic mass is 10.00. The summed E-state index contributed by atoms with van der Waals surface area (Å²) in [6, 6.07) is 0. The lowest BCUT2D eigenvalue weighted by molar-refractivity contribution is 0.103. The van der Waals surface area contributed by atoms with E-state index >= 15 is 0 Å². The van der Waals surface area contributed by atoms with Gasteiger partial charge in [-0.05, 0) is 101 Å². The molecule has 3 heteroatoms. The summed E-state index contributed by atoms with van der Waals surface area (Å²) in [4.78, 5) is 0. The Hall–Kier alpha value is -2.72. The van der Waals surface area contributed by atoms with Crippen LogP contribution in [0.15, 0.2) is 122 Å². The van der Waals surface area contributed by atoms with Crippen LogP contribution in [0.2, 0.25) is 0 Å². The van der Waals surface area contributed by atoms with Crippen molar-refractivity contribution in [2.24, 2.45) is 0 Å². The molecule has 0 aromatic carbocycles. The van der Waals surface area contributed by atoms with Crippen molar-refractivity contribution >= 4 is 0 Å². The van der Waals surface area contributed by atoms with Gasteiger partial charge in [-0.25, -0.2) is 0 Å². The highest BCUT2D eigenvalue weighted by Crippen LogP contribution is 2.13. The van der Waals surface area contributed by atoms with E-state index in [9.17, 15) is 5.11 Å². The Labute approximate surface area is 256 Å². The molecule has 0 saturated heterocycles. The molecule has 0 rings (SSSR count). The van der Waals surface area contributed by atoms with Crippen LogP contribution < -0.4 is 0 Å². The fourth-order valence-corrected chi connectivity index (χ4v) is 2.25. The molecule has 0 heterocycles. The predicted octanol–water partition coefficient (Wildman–Crippen LogP) is 10.7. The van der Waals surface area contributed by atoms with Gasteiger partial charge in [0.1, 0.15) is 0 Å². The Kier molecular flexibility index (Phi) is 41.4. The lowest BCUT2D eigenvalue weighted by Crippen LogP contribution is -2.19. The SMILES string of the molecule is C=CC(=C)CCC=C(C)C.C=CC(C)(O)CCC=C(C)C.C=CC(C)O.C=CC=C.CC(C)=CCC/C(C)=C/CO. The predicted molar refractivity (Wildman–Crippen MR) is 189 cm³/mol. The summed E-state index contributed by atoms with van der Waals surface area (Å²) in [6.45, 7) is 39.2. The maximum Gasteiger partial charge on any atom is 0.0800 e. The van der Waals surface area contributed by atoms with Gasteiger partial charge in [0, 0.05) is 0 Å². The third-order valence-corrected chi connectivity index (χ3v) is 4.99. The van der Waals surface area contributed by atoms with Crippen molar-refractivity contribution < 1.29 is 15.3 Å². The normalized spacial score (nSPS) is 11.5. The molecule has 0 aliphatic carbocycles. The largest absolute Gasteiger partial charge is 0.392 e. The summed E-state index contributed by atoms with van der Waals surface area (Å²) < 4.78 is 0. The van der Waals surface area contributed by atoms with Gasteiger partial charge in [0.15, 0.2) is 0 Å². The van der Waals surface area contributed by atoms with E-state index in [2.05, 4.69) is 106 Å². The molecule has 0 aromatic rings. The maximum atomic E-state index is 9.49. The minimum Gasteiger partial charge on any atom is -0.392 e. The molecular formula is C38H66O3. The Bertz CT molecular complexity index is 796. The van der Waals surface area contributed by atoms with E-state index in [0.29, 0.717) is 0 Å². The van der Waals surface area contributed by atoms with Gasteiger partial charge in [-0.1, -0.05) is 109 Å². The van der Waals surface area contributed by atoms with Crippen LogP contribution in [-0.4, -0.2) is 33.6 Å². The number of hydrogen-bond acceptors (Lipinski definition) is 3. The molecule has 3 nitrogen and oxygen atoms in total. The molecule has 41 heavy (non-hydrogen) atoms. The molecule has 0 aromatic heterocycles. The van der Waals surface area contributed by atoms with E-state index in [4.69, 9.17) is 10.2 Å². The smallest absolute Gasteiger partial charge is 0.0800 e. The topological polar surface area (TPSA) is 60.7 Å². The minimum atomic E-state index is -0.702. The molecule has 0 aliphatic heterocycles. The second-order valence-electron chi connectivity index (χ2n) is 10.6. The third-order valence-electron chi connectivity index (χ3n) is 4.99. The highest BCUT2D eigenvalue weighted by Gasteiger charge is 2.12. The quantitative estimate of drug-likeness (QED) is 0.144. The summed E-state index contributed by atoms with van der Waals surface area (Å²) in [5.41, 5.74) is 5.72. The van der Waals surface area contributed by atoms with Crippen molar-refractivity contribution in [3.8, 4) is 0 Å². The van der Waals surface area contributed by atoms with Crippen LogP contribution in [0.1, 0.15) is 101 Å². The average molecular weight is 571 g/mol. The highest BCUT2D eigenvalue weighted by molar-refractivity contribution is 5.12. The van der Waals surface area contributed by atoms with E-state index in [1.54, 1.807) is 32.1 Å². The van der Waals surface area contributed by atoms with Crippen molar-refractivity contribution in [1.82, 2.24) is 0 Å². The van der Waals surface area contributed by atoms with E-state index in [1.807, 2.05) is 12.2 Å². The molecule has 0 amide bonds. The zero-order valence-corrected chi connectivity index (χ0v) is 28.3. The van der Waals surface area contributed by atoms with Gasteiger partial charge in [-0.3, -0.25) is 0 Å². The van der Waals surface area contributed by atoms with Crippen molar-refractivity contribution in [3.05, 3.63) is 122 Å². The van der Waals surface area contributed by atoms with E-state index in [1.165, 1.54) is 28.4 Å². The van der Waals surface area contributed by atoms with Crippen LogP contribution in [0.4, 0.5) is 0 Å². The molecule has 0 spiro atoms. The van der Waals surface area contributed by atoms with Crippen molar-refractivity contribution in [2.45, 2.75) is 113 Å². The minimum absolute atomic E-state index is 0.167. The number of aliphatic hydroxyl groups is 3. The Balaban J connectivity index is -0.000000138. The third kappa shape index (κ3) is 62.4. The number of hydrogen-bond donors (Lipinski definition) is 3. The van der Waals surface area contributed by atoms with E-state index in [-0.39, 0.29) is 12.7 Å². The second kappa shape index (κ2) is 35.3. The average Bonchev–Trinajstić information content (AvgIpc) is 2.89. The van der Waals surface area contributed by atoms with Gasteiger partial charge < -0.3 is 15.3 Å². The summed E-state index contributed by atoms with van der Waals surface area (Å²) in [7, 11) is 0. The van der Waals surface area contributed by atoms with Gasteiger partial charge >= 0.3 is 0 Å². The molecule has 0 bridgehead atoms. The summed E-state index contributed by atoms with van der Waals surface area (Å²) in [5, 5.41) is 26.3. The zero-order chi connectivity index (χ0) is 33.3. The first kappa shape index (κ1) is 48.0. The Morgan fingerprint density at radius 2 is 1.12 bits per heavy atom. The van der Waals surface area contributed by atoms with Crippen LogP contribution in [0.3, 0.4) is 0 Å². The van der Waals surface area contributed by atoms with Crippen LogP contribution in [-0.2, 0) is 0 Å².